The molecule has 2 rings (SSSR count). The van der Waals surface area contributed by atoms with Crippen LogP contribution in [-0.2, 0) is 11.3 Å². The van der Waals surface area contributed by atoms with Crippen LogP contribution >= 0.6 is 0 Å². The highest BCUT2D eigenvalue weighted by atomic mass is 19.1. The first-order valence-electron chi connectivity index (χ1n) is 6.42. The molecule has 104 valence electrons. The highest BCUT2D eigenvalue weighted by Crippen LogP contribution is 2.17. The van der Waals surface area contributed by atoms with Crippen LogP contribution < -0.4 is 0 Å². The molecule has 0 bridgehead atoms. The maximum absolute atomic E-state index is 14.0. The van der Waals surface area contributed by atoms with Crippen molar-refractivity contribution in [2.24, 2.45) is 0 Å². The van der Waals surface area contributed by atoms with E-state index in [-0.39, 0.29) is 11.7 Å². The van der Waals surface area contributed by atoms with Gasteiger partial charge in [-0.2, -0.15) is 0 Å². The molecule has 0 radical (unpaired) electrons. The molecule has 1 N–H and O–H groups in total. The van der Waals surface area contributed by atoms with Gasteiger partial charge >= 0.3 is 5.97 Å². The van der Waals surface area contributed by atoms with Gasteiger partial charge in [0, 0.05) is 31.8 Å². The summed E-state index contributed by atoms with van der Waals surface area (Å²) in [5.74, 6) is -1.86. The third-order valence-corrected chi connectivity index (χ3v) is 3.24. The minimum Gasteiger partial charge on any atom is -0.478 e. The molecule has 1 fully saturated rings. The standard InChI is InChI=1S/C14H18FNO3/c1-10-8-16(6-3-7-19-10)9-11-4-2-5-12(13(11)15)14(17)18/h2,4-5,10H,3,6-9H2,1H3,(H,17,18). The lowest BCUT2D eigenvalue weighted by Gasteiger charge is -2.22. The zero-order valence-corrected chi connectivity index (χ0v) is 10.9. The molecule has 1 aromatic carbocycles. The molecule has 0 aliphatic carbocycles. The third-order valence-electron chi connectivity index (χ3n) is 3.24. The van der Waals surface area contributed by atoms with Crippen molar-refractivity contribution in [2.45, 2.75) is 26.0 Å². The van der Waals surface area contributed by atoms with Gasteiger partial charge in [-0.15, -0.1) is 0 Å². The topological polar surface area (TPSA) is 49.8 Å². The number of nitrogens with zero attached hydrogens (tertiary/aromatic N) is 1. The Morgan fingerprint density at radius 2 is 2.37 bits per heavy atom. The summed E-state index contributed by atoms with van der Waals surface area (Å²) in [7, 11) is 0. The first-order valence-corrected chi connectivity index (χ1v) is 6.42. The number of hydrogen-bond donors (Lipinski definition) is 1. The molecular weight excluding hydrogens is 249 g/mol. The Kier molecular flexibility index (Phi) is 4.50. The van der Waals surface area contributed by atoms with E-state index in [9.17, 15) is 9.18 Å². The number of aromatic carboxylic acids is 1. The Balaban J connectivity index is 2.14. The van der Waals surface area contributed by atoms with Crippen molar-refractivity contribution >= 4 is 5.97 Å². The van der Waals surface area contributed by atoms with Gasteiger partial charge < -0.3 is 9.84 Å². The Bertz CT molecular complexity index is 464. The van der Waals surface area contributed by atoms with E-state index in [1.165, 1.54) is 6.07 Å². The van der Waals surface area contributed by atoms with Crippen LogP contribution in [0.5, 0.6) is 0 Å². The van der Waals surface area contributed by atoms with E-state index in [1.807, 2.05) is 6.92 Å². The lowest BCUT2D eigenvalue weighted by atomic mass is 10.1. The summed E-state index contributed by atoms with van der Waals surface area (Å²) in [5, 5.41) is 8.91. The number of hydrogen-bond acceptors (Lipinski definition) is 3. The molecule has 0 amide bonds. The molecule has 0 aromatic heterocycles. The quantitative estimate of drug-likeness (QED) is 0.911. The largest absolute Gasteiger partial charge is 0.478 e. The van der Waals surface area contributed by atoms with E-state index in [2.05, 4.69) is 4.90 Å². The Labute approximate surface area is 111 Å². The minimum absolute atomic E-state index is 0.119. The first kappa shape index (κ1) is 14.0. The van der Waals surface area contributed by atoms with E-state index in [0.29, 0.717) is 12.1 Å². The van der Waals surface area contributed by atoms with Crippen molar-refractivity contribution in [2.75, 3.05) is 19.7 Å². The summed E-state index contributed by atoms with van der Waals surface area (Å²) in [6.07, 6.45) is 1.03. The van der Waals surface area contributed by atoms with Crippen LogP contribution in [0.25, 0.3) is 0 Å². The van der Waals surface area contributed by atoms with Crippen molar-refractivity contribution in [1.29, 1.82) is 0 Å². The molecule has 19 heavy (non-hydrogen) atoms. The lowest BCUT2D eigenvalue weighted by Crippen LogP contribution is -2.30. The summed E-state index contributed by atoms with van der Waals surface area (Å²) in [5.41, 5.74) is 0.158. The smallest absolute Gasteiger partial charge is 0.338 e. The monoisotopic (exact) mass is 267 g/mol. The average Bonchev–Trinajstić information content (AvgIpc) is 2.56. The van der Waals surface area contributed by atoms with Gasteiger partial charge in [0.1, 0.15) is 5.82 Å². The molecule has 1 saturated heterocycles. The molecule has 1 aliphatic rings. The number of carboxylic acids is 1. The summed E-state index contributed by atoms with van der Waals surface area (Å²) in [4.78, 5) is 13.0. The minimum atomic E-state index is -1.23. The van der Waals surface area contributed by atoms with E-state index in [1.54, 1.807) is 12.1 Å². The second kappa shape index (κ2) is 6.12. The molecule has 1 aliphatic heterocycles. The fraction of sp³-hybridized carbons (Fsp3) is 0.500. The van der Waals surface area contributed by atoms with Crippen LogP contribution in [-0.4, -0.2) is 41.8 Å². The zero-order valence-electron chi connectivity index (χ0n) is 10.9. The maximum atomic E-state index is 14.0. The van der Waals surface area contributed by atoms with E-state index < -0.39 is 11.8 Å². The van der Waals surface area contributed by atoms with Crippen molar-refractivity contribution < 1.29 is 19.0 Å². The predicted molar refractivity (Wildman–Crippen MR) is 68.7 cm³/mol. The summed E-state index contributed by atoms with van der Waals surface area (Å²) < 4.78 is 19.6. The van der Waals surface area contributed by atoms with E-state index in [4.69, 9.17) is 9.84 Å². The number of carboxylic acid groups (broad SMARTS) is 1. The van der Waals surface area contributed by atoms with Gasteiger partial charge in [-0.1, -0.05) is 12.1 Å². The van der Waals surface area contributed by atoms with Crippen LogP contribution in [0.4, 0.5) is 4.39 Å². The SMILES string of the molecule is CC1CN(Cc2cccc(C(=O)O)c2F)CCCO1. The number of halogens is 1. The highest BCUT2D eigenvalue weighted by Gasteiger charge is 2.19. The van der Waals surface area contributed by atoms with Crippen molar-refractivity contribution in [3.05, 3.63) is 35.1 Å². The summed E-state index contributed by atoms with van der Waals surface area (Å²) >= 11 is 0. The number of rotatable bonds is 3. The fourth-order valence-electron chi connectivity index (χ4n) is 2.33. The van der Waals surface area contributed by atoms with Gasteiger partial charge in [0.05, 0.1) is 11.7 Å². The molecule has 4 nitrogen and oxygen atoms in total. The maximum Gasteiger partial charge on any atom is 0.338 e. The van der Waals surface area contributed by atoms with Crippen LogP contribution in [0.1, 0.15) is 29.3 Å². The van der Waals surface area contributed by atoms with Crippen LogP contribution in [0.3, 0.4) is 0 Å². The molecule has 1 heterocycles. The van der Waals surface area contributed by atoms with Crippen molar-refractivity contribution in [1.82, 2.24) is 4.90 Å². The molecule has 5 heteroatoms. The first-order chi connectivity index (χ1) is 9.08. The lowest BCUT2D eigenvalue weighted by molar-refractivity contribution is 0.0661. The zero-order chi connectivity index (χ0) is 13.8. The molecule has 0 spiro atoms. The second-order valence-corrected chi connectivity index (χ2v) is 4.85. The molecule has 0 saturated carbocycles. The summed E-state index contributed by atoms with van der Waals surface area (Å²) in [6.45, 7) is 4.69. The highest BCUT2D eigenvalue weighted by molar-refractivity contribution is 5.88. The van der Waals surface area contributed by atoms with E-state index in [0.717, 1.165) is 26.1 Å². The Hall–Kier alpha value is -1.46. The number of ether oxygens (including phenoxy) is 1. The number of benzene rings is 1. The van der Waals surface area contributed by atoms with Gasteiger partial charge in [0.25, 0.3) is 0 Å². The predicted octanol–water partition coefficient (Wildman–Crippen LogP) is 2.13. The van der Waals surface area contributed by atoms with E-state index >= 15 is 0 Å². The van der Waals surface area contributed by atoms with Crippen molar-refractivity contribution in [3.8, 4) is 0 Å². The molecule has 1 atom stereocenters. The molecule has 1 unspecified atom stereocenters. The molecular formula is C14H18FNO3. The number of carbonyl (C=O) groups is 1. The van der Waals surface area contributed by atoms with Crippen LogP contribution in [0.15, 0.2) is 18.2 Å². The summed E-state index contributed by atoms with van der Waals surface area (Å²) in [6, 6.07) is 4.51. The average molecular weight is 267 g/mol. The van der Waals surface area contributed by atoms with Gasteiger partial charge in [0.15, 0.2) is 0 Å². The fourth-order valence-corrected chi connectivity index (χ4v) is 2.33. The Morgan fingerprint density at radius 1 is 1.58 bits per heavy atom. The van der Waals surface area contributed by atoms with Gasteiger partial charge in [0.2, 0.25) is 0 Å². The second-order valence-electron chi connectivity index (χ2n) is 4.85. The normalized spacial score (nSPS) is 21.1. The van der Waals surface area contributed by atoms with Crippen LogP contribution in [0.2, 0.25) is 0 Å². The van der Waals surface area contributed by atoms with Crippen molar-refractivity contribution in [3.63, 3.8) is 0 Å². The van der Waals surface area contributed by atoms with Gasteiger partial charge in [-0.25, -0.2) is 9.18 Å². The molecule has 1 aromatic rings. The van der Waals surface area contributed by atoms with Gasteiger partial charge in [-0.3, -0.25) is 4.90 Å². The van der Waals surface area contributed by atoms with Gasteiger partial charge in [-0.05, 0) is 19.4 Å². The third kappa shape index (κ3) is 3.52. The van der Waals surface area contributed by atoms with Crippen LogP contribution in [0, 0.1) is 5.82 Å². The Morgan fingerprint density at radius 3 is 3.11 bits per heavy atom.